The van der Waals surface area contributed by atoms with Crippen molar-refractivity contribution in [1.29, 1.82) is 0 Å². The third kappa shape index (κ3) is 2.95. The van der Waals surface area contributed by atoms with Gasteiger partial charge in [0.2, 0.25) is 5.95 Å². The van der Waals surface area contributed by atoms with Gasteiger partial charge in [0.1, 0.15) is 5.82 Å². The Kier molecular flexibility index (Phi) is 3.82. The summed E-state index contributed by atoms with van der Waals surface area (Å²) >= 11 is 0. The number of carbonyl (C=O) groups is 1. The molecule has 0 spiro atoms. The number of benzene rings is 1. The first-order valence-corrected chi connectivity index (χ1v) is 6.89. The summed E-state index contributed by atoms with van der Waals surface area (Å²) < 4.78 is 12.9. The van der Waals surface area contributed by atoms with Crippen molar-refractivity contribution in [3.8, 4) is 11.1 Å². The standard InChI is InChI=1S/C16H14FN3O2/c17-14-3-1-11(2-4-14)13-9-18-16(19-10-13)20-7-5-12(6-8-20)15(21)22/h1-5,9-10H,6-8H2,(H,21,22). The predicted octanol–water partition coefficient (Wildman–Crippen LogP) is 2.50. The van der Waals surface area contributed by atoms with E-state index in [0.29, 0.717) is 31.0 Å². The van der Waals surface area contributed by atoms with Crippen LogP contribution in [-0.4, -0.2) is 34.1 Å². The highest BCUT2D eigenvalue weighted by Gasteiger charge is 2.17. The van der Waals surface area contributed by atoms with Gasteiger partial charge in [-0.25, -0.2) is 19.2 Å². The SMILES string of the molecule is O=C(O)C1=CCN(c2ncc(-c3ccc(F)cc3)cn2)CC1. The number of hydrogen-bond donors (Lipinski definition) is 1. The molecule has 0 fully saturated rings. The number of aliphatic carboxylic acids is 1. The maximum Gasteiger partial charge on any atom is 0.331 e. The third-order valence-electron chi connectivity index (χ3n) is 3.58. The molecule has 3 rings (SSSR count). The van der Waals surface area contributed by atoms with Crippen LogP contribution in [-0.2, 0) is 4.79 Å². The molecule has 6 heteroatoms. The molecule has 1 aliphatic rings. The van der Waals surface area contributed by atoms with Crippen LogP contribution in [0.2, 0.25) is 0 Å². The Balaban J connectivity index is 1.75. The van der Waals surface area contributed by atoms with Gasteiger partial charge in [0.25, 0.3) is 0 Å². The summed E-state index contributed by atoms with van der Waals surface area (Å²) in [7, 11) is 0. The topological polar surface area (TPSA) is 66.3 Å². The zero-order valence-corrected chi connectivity index (χ0v) is 11.7. The lowest BCUT2D eigenvalue weighted by molar-refractivity contribution is -0.132. The first kappa shape index (κ1) is 14.2. The molecule has 0 unspecified atom stereocenters. The fourth-order valence-electron chi connectivity index (χ4n) is 2.32. The Hall–Kier alpha value is -2.76. The minimum absolute atomic E-state index is 0.282. The molecule has 0 aliphatic carbocycles. The lowest BCUT2D eigenvalue weighted by Crippen LogP contribution is -2.31. The van der Waals surface area contributed by atoms with Gasteiger partial charge in [-0.2, -0.15) is 0 Å². The molecule has 22 heavy (non-hydrogen) atoms. The van der Waals surface area contributed by atoms with Gasteiger partial charge in [-0.1, -0.05) is 18.2 Å². The summed E-state index contributed by atoms with van der Waals surface area (Å²) in [6.45, 7) is 1.06. The van der Waals surface area contributed by atoms with Gasteiger partial charge in [-0.15, -0.1) is 0 Å². The van der Waals surface area contributed by atoms with Gasteiger partial charge in [0, 0.05) is 36.6 Å². The average molecular weight is 299 g/mol. The monoisotopic (exact) mass is 299 g/mol. The van der Waals surface area contributed by atoms with Crippen LogP contribution in [0.25, 0.3) is 11.1 Å². The van der Waals surface area contributed by atoms with E-state index in [1.54, 1.807) is 30.6 Å². The summed E-state index contributed by atoms with van der Waals surface area (Å²) in [5.74, 6) is -0.589. The minimum Gasteiger partial charge on any atom is -0.478 e. The zero-order valence-electron chi connectivity index (χ0n) is 11.7. The highest BCUT2D eigenvalue weighted by molar-refractivity contribution is 5.87. The van der Waals surface area contributed by atoms with E-state index in [9.17, 15) is 9.18 Å². The number of anilines is 1. The smallest absolute Gasteiger partial charge is 0.331 e. The number of hydrogen-bond acceptors (Lipinski definition) is 4. The van der Waals surface area contributed by atoms with E-state index < -0.39 is 5.97 Å². The molecule has 0 atom stereocenters. The molecular formula is C16H14FN3O2. The van der Waals surface area contributed by atoms with Crippen LogP contribution < -0.4 is 4.90 Å². The Labute approximate surface area is 126 Å². The van der Waals surface area contributed by atoms with Gasteiger partial charge < -0.3 is 10.0 Å². The van der Waals surface area contributed by atoms with Gasteiger partial charge in [-0.3, -0.25) is 0 Å². The molecular weight excluding hydrogens is 285 g/mol. The van der Waals surface area contributed by atoms with Crippen molar-refractivity contribution in [3.05, 3.63) is 54.1 Å². The summed E-state index contributed by atoms with van der Waals surface area (Å²) in [5.41, 5.74) is 2.08. The Morgan fingerprint density at radius 2 is 1.82 bits per heavy atom. The highest BCUT2D eigenvalue weighted by atomic mass is 19.1. The van der Waals surface area contributed by atoms with Crippen molar-refractivity contribution in [2.75, 3.05) is 18.0 Å². The number of halogens is 1. The number of carboxylic acids is 1. The number of carboxylic acid groups (broad SMARTS) is 1. The summed E-state index contributed by atoms with van der Waals surface area (Å²) in [6, 6.07) is 6.14. The fourth-order valence-corrected chi connectivity index (χ4v) is 2.32. The lowest BCUT2D eigenvalue weighted by atomic mass is 10.1. The summed E-state index contributed by atoms with van der Waals surface area (Å²) in [4.78, 5) is 21.4. The van der Waals surface area contributed by atoms with Crippen LogP contribution in [0.15, 0.2) is 48.3 Å². The average Bonchev–Trinajstić information content (AvgIpc) is 2.56. The normalized spacial score (nSPS) is 14.6. The van der Waals surface area contributed by atoms with E-state index in [2.05, 4.69) is 9.97 Å². The molecule has 5 nitrogen and oxygen atoms in total. The van der Waals surface area contributed by atoms with E-state index in [4.69, 9.17) is 5.11 Å². The molecule has 0 radical (unpaired) electrons. The van der Waals surface area contributed by atoms with E-state index in [-0.39, 0.29) is 5.82 Å². The molecule has 2 heterocycles. The molecule has 0 bridgehead atoms. The second-order valence-corrected chi connectivity index (χ2v) is 5.01. The van der Waals surface area contributed by atoms with Crippen LogP contribution in [0.1, 0.15) is 6.42 Å². The molecule has 1 aliphatic heterocycles. The van der Waals surface area contributed by atoms with E-state index in [1.807, 2.05) is 4.90 Å². The molecule has 0 saturated heterocycles. The molecule has 1 aromatic heterocycles. The van der Waals surface area contributed by atoms with Crippen LogP contribution in [0.3, 0.4) is 0 Å². The van der Waals surface area contributed by atoms with Crippen molar-refractivity contribution in [2.24, 2.45) is 0 Å². The van der Waals surface area contributed by atoms with E-state index in [0.717, 1.165) is 11.1 Å². The molecule has 1 aromatic carbocycles. The van der Waals surface area contributed by atoms with Crippen LogP contribution in [0, 0.1) is 5.82 Å². The van der Waals surface area contributed by atoms with Crippen molar-refractivity contribution < 1.29 is 14.3 Å². The van der Waals surface area contributed by atoms with Gasteiger partial charge in [-0.05, 0) is 24.1 Å². The van der Waals surface area contributed by atoms with Crippen molar-refractivity contribution >= 4 is 11.9 Å². The predicted molar refractivity (Wildman–Crippen MR) is 80.0 cm³/mol. The Bertz CT molecular complexity index is 711. The van der Waals surface area contributed by atoms with Crippen LogP contribution >= 0.6 is 0 Å². The van der Waals surface area contributed by atoms with Gasteiger partial charge in [0.05, 0.1) is 0 Å². The first-order valence-electron chi connectivity index (χ1n) is 6.89. The minimum atomic E-state index is -0.868. The maximum atomic E-state index is 12.9. The molecule has 0 amide bonds. The van der Waals surface area contributed by atoms with Crippen molar-refractivity contribution in [1.82, 2.24) is 9.97 Å². The maximum absolute atomic E-state index is 12.9. The molecule has 112 valence electrons. The molecule has 2 aromatic rings. The number of aromatic nitrogens is 2. The zero-order chi connectivity index (χ0) is 15.5. The number of rotatable bonds is 3. The first-order chi connectivity index (χ1) is 10.6. The van der Waals surface area contributed by atoms with E-state index >= 15 is 0 Å². The summed E-state index contributed by atoms with van der Waals surface area (Å²) in [6.07, 6.45) is 5.53. The van der Waals surface area contributed by atoms with Gasteiger partial charge >= 0.3 is 5.97 Å². The van der Waals surface area contributed by atoms with E-state index in [1.165, 1.54) is 12.1 Å². The van der Waals surface area contributed by atoms with Crippen molar-refractivity contribution in [2.45, 2.75) is 6.42 Å². The van der Waals surface area contributed by atoms with Crippen LogP contribution in [0.5, 0.6) is 0 Å². The lowest BCUT2D eigenvalue weighted by Gasteiger charge is -2.25. The second kappa shape index (κ2) is 5.93. The number of nitrogens with zero attached hydrogens (tertiary/aromatic N) is 3. The van der Waals surface area contributed by atoms with Crippen molar-refractivity contribution in [3.63, 3.8) is 0 Å². The largest absolute Gasteiger partial charge is 0.478 e. The summed E-state index contributed by atoms with van der Waals surface area (Å²) in [5, 5.41) is 8.93. The molecule has 1 N–H and O–H groups in total. The highest BCUT2D eigenvalue weighted by Crippen LogP contribution is 2.21. The third-order valence-corrected chi connectivity index (χ3v) is 3.58. The van der Waals surface area contributed by atoms with Gasteiger partial charge in [0.15, 0.2) is 0 Å². The quantitative estimate of drug-likeness (QED) is 0.943. The van der Waals surface area contributed by atoms with Crippen LogP contribution in [0.4, 0.5) is 10.3 Å². The molecule has 0 saturated carbocycles. The Morgan fingerprint density at radius 1 is 1.14 bits per heavy atom. The second-order valence-electron chi connectivity index (χ2n) is 5.01. The Morgan fingerprint density at radius 3 is 2.36 bits per heavy atom. The fraction of sp³-hybridized carbons (Fsp3) is 0.188.